The summed E-state index contributed by atoms with van der Waals surface area (Å²) in [7, 11) is -2.95. The summed E-state index contributed by atoms with van der Waals surface area (Å²) in [4.78, 5) is 0. The summed E-state index contributed by atoms with van der Waals surface area (Å²) in [6.45, 7) is 1.29. The van der Waals surface area contributed by atoms with Crippen molar-refractivity contribution in [2.45, 2.75) is 6.04 Å². The Kier molecular flexibility index (Phi) is 2.42. The third kappa shape index (κ3) is 1.46. The summed E-state index contributed by atoms with van der Waals surface area (Å²) in [5.41, 5.74) is 5.66. The van der Waals surface area contributed by atoms with Gasteiger partial charge in [-0.15, -0.1) is 12.4 Å². The zero-order valence-corrected chi connectivity index (χ0v) is 8.44. The molecule has 2 rings (SSSR count). The zero-order valence-electron chi connectivity index (χ0n) is 6.80. The largest absolute Gasteiger partial charge is 0.327 e. The summed E-state index contributed by atoms with van der Waals surface area (Å²) >= 11 is 0. The first-order valence-corrected chi connectivity index (χ1v) is 5.55. The average molecular weight is 213 g/mol. The number of nitrogens with zero attached hydrogens (tertiary/aromatic N) is 1. The Morgan fingerprint density at radius 1 is 1.33 bits per heavy atom. The quantitative estimate of drug-likeness (QED) is 0.623. The topological polar surface area (TPSA) is 63.4 Å². The molecule has 2 unspecified atom stereocenters. The van der Waals surface area contributed by atoms with Crippen LogP contribution in [-0.4, -0.2) is 38.1 Å². The van der Waals surface area contributed by atoms with E-state index in [2.05, 4.69) is 0 Å². The molecule has 2 fully saturated rings. The molecule has 4 nitrogen and oxygen atoms in total. The fourth-order valence-corrected chi connectivity index (χ4v) is 2.69. The van der Waals surface area contributed by atoms with E-state index >= 15 is 0 Å². The van der Waals surface area contributed by atoms with Crippen LogP contribution in [0.3, 0.4) is 0 Å². The van der Waals surface area contributed by atoms with Gasteiger partial charge in [-0.05, 0) is 11.8 Å². The molecule has 0 radical (unpaired) electrons. The van der Waals surface area contributed by atoms with E-state index in [-0.39, 0.29) is 18.4 Å². The van der Waals surface area contributed by atoms with Gasteiger partial charge in [0.25, 0.3) is 0 Å². The molecule has 1 saturated carbocycles. The monoisotopic (exact) mass is 212 g/mol. The summed E-state index contributed by atoms with van der Waals surface area (Å²) in [6.07, 6.45) is 1.25. The molecule has 0 amide bonds. The van der Waals surface area contributed by atoms with Crippen LogP contribution in [-0.2, 0) is 10.0 Å². The van der Waals surface area contributed by atoms with Crippen molar-refractivity contribution in [3.63, 3.8) is 0 Å². The highest BCUT2D eigenvalue weighted by Gasteiger charge is 2.55. The maximum absolute atomic E-state index is 11.0. The van der Waals surface area contributed by atoms with E-state index in [1.807, 2.05) is 0 Å². The Balaban J connectivity index is 0.000000720. The Labute approximate surface area is 78.6 Å². The van der Waals surface area contributed by atoms with E-state index in [4.69, 9.17) is 5.73 Å². The highest BCUT2D eigenvalue weighted by atomic mass is 35.5. The predicted molar refractivity (Wildman–Crippen MR) is 48.6 cm³/mol. The fraction of sp³-hybridized carbons (Fsp3) is 1.00. The highest BCUT2D eigenvalue weighted by Crippen LogP contribution is 2.44. The van der Waals surface area contributed by atoms with Gasteiger partial charge >= 0.3 is 0 Å². The molecule has 6 heteroatoms. The zero-order chi connectivity index (χ0) is 8.22. The molecule has 1 aliphatic carbocycles. The number of halogens is 1. The van der Waals surface area contributed by atoms with Gasteiger partial charge < -0.3 is 5.73 Å². The molecule has 1 heterocycles. The van der Waals surface area contributed by atoms with Gasteiger partial charge in [0, 0.05) is 19.1 Å². The Morgan fingerprint density at radius 3 is 2.08 bits per heavy atom. The Bertz CT molecular complexity index is 267. The van der Waals surface area contributed by atoms with Crippen molar-refractivity contribution in [1.82, 2.24) is 4.31 Å². The molecule has 12 heavy (non-hydrogen) atoms. The maximum Gasteiger partial charge on any atom is 0.211 e. The van der Waals surface area contributed by atoms with E-state index in [0.29, 0.717) is 24.9 Å². The molecule has 1 saturated heterocycles. The predicted octanol–water partition coefficient (Wildman–Crippen LogP) is -0.743. The molecule has 0 bridgehead atoms. The van der Waals surface area contributed by atoms with Gasteiger partial charge in [0.2, 0.25) is 10.0 Å². The molecule has 2 N–H and O–H groups in total. The smallest absolute Gasteiger partial charge is 0.211 e. The number of piperidine rings is 1. The number of hydrogen-bond donors (Lipinski definition) is 1. The minimum atomic E-state index is -2.95. The van der Waals surface area contributed by atoms with Crippen LogP contribution in [0.15, 0.2) is 0 Å². The normalized spacial score (nSPS) is 40.3. The van der Waals surface area contributed by atoms with Gasteiger partial charge in [-0.3, -0.25) is 0 Å². The van der Waals surface area contributed by atoms with Crippen LogP contribution in [0.2, 0.25) is 0 Å². The van der Waals surface area contributed by atoms with Gasteiger partial charge in [-0.25, -0.2) is 12.7 Å². The van der Waals surface area contributed by atoms with Crippen molar-refractivity contribution in [1.29, 1.82) is 0 Å². The number of fused-ring (bicyclic) bond motifs is 1. The number of nitrogens with two attached hydrogens (primary N) is 1. The van der Waals surface area contributed by atoms with Crippen LogP contribution in [0.5, 0.6) is 0 Å². The molecule has 0 aromatic rings. The first-order chi connectivity index (χ1) is 5.00. The summed E-state index contributed by atoms with van der Waals surface area (Å²) in [5.74, 6) is 0.898. The van der Waals surface area contributed by atoms with Gasteiger partial charge in [-0.2, -0.15) is 0 Å². The minimum Gasteiger partial charge on any atom is -0.327 e. The van der Waals surface area contributed by atoms with Crippen molar-refractivity contribution in [3.05, 3.63) is 0 Å². The number of rotatable bonds is 1. The molecule has 2 atom stereocenters. The minimum absolute atomic E-state index is 0. The molecule has 0 spiro atoms. The standard InChI is InChI=1S/C6H12N2O2S.ClH/c1-11(9,10)8-2-4-5(3-8)6(4)7;/h4-6H,2-3,7H2,1H3;1H. The van der Waals surface area contributed by atoms with E-state index < -0.39 is 10.0 Å². The molecule has 2 aliphatic rings. The lowest BCUT2D eigenvalue weighted by molar-refractivity contribution is 0.436. The second kappa shape index (κ2) is 2.83. The van der Waals surface area contributed by atoms with Crippen LogP contribution in [0.4, 0.5) is 0 Å². The van der Waals surface area contributed by atoms with Gasteiger partial charge in [0.05, 0.1) is 6.26 Å². The highest BCUT2D eigenvalue weighted by molar-refractivity contribution is 7.88. The third-order valence-corrected chi connectivity index (χ3v) is 3.93. The van der Waals surface area contributed by atoms with Gasteiger partial charge in [0.15, 0.2) is 0 Å². The lowest BCUT2D eigenvalue weighted by Crippen LogP contribution is -2.32. The van der Waals surface area contributed by atoms with Gasteiger partial charge in [0.1, 0.15) is 0 Å². The van der Waals surface area contributed by atoms with E-state index in [1.165, 1.54) is 10.6 Å². The summed E-state index contributed by atoms with van der Waals surface area (Å²) < 4.78 is 23.5. The maximum atomic E-state index is 11.0. The fourth-order valence-electron chi connectivity index (χ4n) is 1.80. The Morgan fingerprint density at radius 2 is 1.75 bits per heavy atom. The molecule has 1 aliphatic heterocycles. The molecule has 0 aromatic carbocycles. The molecular formula is C6H13ClN2O2S. The van der Waals surface area contributed by atoms with Crippen molar-refractivity contribution in [2.24, 2.45) is 17.6 Å². The first kappa shape index (κ1) is 10.2. The average Bonchev–Trinajstić information content (AvgIpc) is 2.39. The second-order valence-corrected chi connectivity index (χ2v) is 5.47. The second-order valence-electron chi connectivity index (χ2n) is 3.49. The molecule has 72 valence electrons. The lowest BCUT2D eigenvalue weighted by Gasteiger charge is -2.14. The summed E-state index contributed by atoms with van der Waals surface area (Å²) in [6, 6.07) is 0.271. The SMILES string of the molecule is CS(=O)(=O)N1CC2C(N)C2C1.Cl. The molecular weight excluding hydrogens is 200 g/mol. The van der Waals surface area contributed by atoms with Crippen LogP contribution in [0.1, 0.15) is 0 Å². The van der Waals surface area contributed by atoms with Gasteiger partial charge in [-0.1, -0.05) is 0 Å². The number of hydrogen-bond acceptors (Lipinski definition) is 3. The van der Waals surface area contributed by atoms with E-state index in [0.717, 1.165) is 0 Å². The third-order valence-electron chi connectivity index (χ3n) is 2.70. The van der Waals surface area contributed by atoms with Crippen LogP contribution >= 0.6 is 12.4 Å². The van der Waals surface area contributed by atoms with E-state index in [1.54, 1.807) is 0 Å². The Hall–Kier alpha value is 0.160. The van der Waals surface area contributed by atoms with Crippen LogP contribution < -0.4 is 5.73 Å². The van der Waals surface area contributed by atoms with Crippen LogP contribution in [0.25, 0.3) is 0 Å². The van der Waals surface area contributed by atoms with Crippen molar-refractivity contribution in [2.75, 3.05) is 19.3 Å². The summed E-state index contributed by atoms with van der Waals surface area (Å²) in [5, 5.41) is 0. The lowest BCUT2D eigenvalue weighted by atomic mass is 10.4. The number of sulfonamides is 1. The van der Waals surface area contributed by atoms with Crippen LogP contribution in [0, 0.1) is 11.8 Å². The van der Waals surface area contributed by atoms with Crippen molar-refractivity contribution in [3.8, 4) is 0 Å². The van der Waals surface area contributed by atoms with E-state index in [9.17, 15) is 8.42 Å². The molecule has 0 aromatic heterocycles. The van der Waals surface area contributed by atoms with Crippen molar-refractivity contribution >= 4 is 22.4 Å². The van der Waals surface area contributed by atoms with Crippen molar-refractivity contribution < 1.29 is 8.42 Å². The first-order valence-electron chi connectivity index (χ1n) is 3.71.